The Morgan fingerprint density at radius 1 is 1.13 bits per heavy atom. The van der Waals surface area contributed by atoms with Gasteiger partial charge in [-0.05, 0) is 47.9 Å². The Kier molecular flexibility index (Phi) is 5.48. The summed E-state index contributed by atoms with van der Waals surface area (Å²) in [7, 11) is 1.48. The molecule has 152 valence electrons. The number of methoxy groups -OCH3 is 1. The van der Waals surface area contributed by atoms with Crippen molar-refractivity contribution in [1.82, 2.24) is 10.3 Å². The minimum atomic E-state index is -0.254. The quantitative estimate of drug-likeness (QED) is 0.636. The SMILES string of the molecule is COc1ncccc1C(=O)NCC1Cc2cc(-c3ccccc3C(C)=O)ccc2O1. The highest BCUT2D eigenvalue weighted by Gasteiger charge is 2.25. The number of Topliss-reactive ketones (excluding diaryl/α,β-unsaturated/α-hetero) is 1. The third-order valence-electron chi connectivity index (χ3n) is 5.12. The maximum absolute atomic E-state index is 12.5. The fourth-order valence-corrected chi connectivity index (χ4v) is 3.67. The molecule has 1 N–H and O–H groups in total. The lowest BCUT2D eigenvalue weighted by atomic mass is 9.95. The molecule has 6 nitrogen and oxygen atoms in total. The first-order valence-electron chi connectivity index (χ1n) is 9.74. The van der Waals surface area contributed by atoms with Crippen LogP contribution in [-0.2, 0) is 6.42 Å². The second-order valence-corrected chi connectivity index (χ2v) is 7.14. The summed E-state index contributed by atoms with van der Waals surface area (Å²) >= 11 is 0. The van der Waals surface area contributed by atoms with Crippen LogP contribution in [0.2, 0.25) is 0 Å². The zero-order valence-electron chi connectivity index (χ0n) is 16.8. The van der Waals surface area contributed by atoms with Crippen molar-refractivity contribution in [3.05, 3.63) is 77.5 Å². The Morgan fingerprint density at radius 3 is 2.73 bits per heavy atom. The van der Waals surface area contributed by atoms with Gasteiger partial charge in [0, 0.05) is 18.2 Å². The minimum Gasteiger partial charge on any atom is -0.488 e. The average Bonchev–Trinajstić information content (AvgIpc) is 3.19. The topological polar surface area (TPSA) is 77.5 Å². The van der Waals surface area contributed by atoms with E-state index < -0.39 is 0 Å². The van der Waals surface area contributed by atoms with Crippen LogP contribution in [0.1, 0.15) is 33.2 Å². The smallest absolute Gasteiger partial charge is 0.256 e. The molecule has 2 heterocycles. The van der Waals surface area contributed by atoms with Crippen LogP contribution in [0.25, 0.3) is 11.1 Å². The molecule has 0 bridgehead atoms. The fourth-order valence-electron chi connectivity index (χ4n) is 3.67. The Labute approximate surface area is 174 Å². The number of hydrogen-bond acceptors (Lipinski definition) is 5. The Balaban J connectivity index is 1.46. The average molecular weight is 402 g/mol. The number of aromatic nitrogens is 1. The van der Waals surface area contributed by atoms with Gasteiger partial charge in [0.25, 0.3) is 5.91 Å². The van der Waals surface area contributed by atoms with Crippen LogP contribution < -0.4 is 14.8 Å². The largest absolute Gasteiger partial charge is 0.488 e. The van der Waals surface area contributed by atoms with Crippen LogP contribution >= 0.6 is 0 Å². The van der Waals surface area contributed by atoms with Gasteiger partial charge in [0.2, 0.25) is 5.88 Å². The van der Waals surface area contributed by atoms with Gasteiger partial charge in [-0.1, -0.05) is 30.3 Å². The zero-order valence-corrected chi connectivity index (χ0v) is 16.8. The van der Waals surface area contributed by atoms with Crippen LogP contribution in [0.4, 0.5) is 0 Å². The van der Waals surface area contributed by atoms with Crippen LogP contribution in [0, 0.1) is 0 Å². The second-order valence-electron chi connectivity index (χ2n) is 7.14. The van der Waals surface area contributed by atoms with Crippen molar-refractivity contribution >= 4 is 11.7 Å². The maximum atomic E-state index is 12.5. The van der Waals surface area contributed by atoms with Crippen molar-refractivity contribution < 1.29 is 19.1 Å². The molecule has 6 heteroatoms. The number of carbonyl (C=O) groups is 2. The number of rotatable bonds is 6. The molecule has 0 saturated heterocycles. The van der Waals surface area contributed by atoms with Crippen molar-refractivity contribution in [2.75, 3.05) is 13.7 Å². The number of benzene rings is 2. The highest BCUT2D eigenvalue weighted by molar-refractivity contribution is 6.00. The molecule has 0 radical (unpaired) electrons. The number of nitrogens with one attached hydrogen (secondary N) is 1. The van der Waals surface area contributed by atoms with Gasteiger partial charge in [-0.15, -0.1) is 0 Å². The van der Waals surface area contributed by atoms with Crippen LogP contribution in [0.3, 0.4) is 0 Å². The summed E-state index contributed by atoms with van der Waals surface area (Å²) in [5.41, 5.74) is 4.04. The van der Waals surface area contributed by atoms with Gasteiger partial charge in [0.15, 0.2) is 5.78 Å². The van der Waals surface area contributed by atoms with Crippen molar-refractivity contribution in [2.45, 2.75) is 19.4 Å². The fraction of sp³-hybridized carbons (Fsp3) is 0.208. The van der Waals surface area contributed by atoms with Gasteiger partial charge in [-0.2, -0.15) is 0 Å². The number of nitrogens with zero attached hydrogens (tertiary/aromatic N) is 1. The van der Waals surface area contributed by atoms with Crippen LogP contribution in [0.15, 0.2) is 60.8 Å². The molecule has 0 fully saturated rings. The molecule has 1 amide bonds. The van der Waals surface area contributed by atoms with E-state index in [1.807, 2.05) is 36.4 Å². The molecule has 1 atom stereocenters. The molecular formula is C24H22N2O4. The molecule has 0 spiro atoms. The van der Waals surface area contributed by atoms with E-state index in [1.165, 1.54) is 7.11 Å². The first kappa shape index (κ1) is 19.6. The van der Waals surface area contributed by atoms with Crippen LogP contribution in [0.5, 0.6) is 11.6 Å². The van der Waals surface area contributed by atoms with Gasteiger partial charge in [-0.25, -0.2) is 4.98 Å². The monoisotopic (exact) mass is 402 g/mol. The van der Waals surface area contributed by atoms with Gasteiger partial charge >= 0.3 is 0 Å². The minimum absolute atomic E-state index is 0.0359. The number of carbonyl (C=O) groups excluding carboxylic acids is 2. The van der Waals surface area contributed by atoms with Gasteiger partial charge in [-0.3, -0.25) is 9.59 Å². The van der Waals surface area contributed by atoms with Gasteiger partial charge < -0.3 is 14.8 Å². The third-order valence-corrected chi connectivity index (χ3v) is 5.12. The Morgan fingerprint density at radius 2 is 1.93 bits per heavy atom. The maximum Gasteiger partial charge on any atom is 0.256 e. The summed E-state index contributed by atoms with van der Waals surface area (Å²) in [6, 6.07) is 16.9. The summed E-state index contributed by atoms with van der Waals surface area (Å²) in [4.78, 5) is 28.5. The van der Waals surface area contributed by atoms with E-state index in [-0.39, 0.29) is 17.8 Å². The lowest BCUT2D eigenvalue weighted by molar-refractivity contribution is 0.0929. The molecule has 0 saturated carbocycles. The molecule has 0 aliphatic carbocycles. The molecular weight excluding hydrogens is 380 g/mol. The molecule has 30 heavy (non-hydrogen) atoms. The van der Waals surface area contributed by atoms with Crippen molar-refractivity contribution in [1.29, 1.82) is 0 Å². The second kappa shape index (κ2) is 8.37. The first-order valence-corrected chi connectivity index (χ1v) is 9.74. The highest BCUT2D eigenvalue weighted by Crippen LogP contribution is 2.34. The number of hydrogen-bond donors (Lipinski definition) is 1. The van der Waals surface area contributed by atoms with Crippen molar-refractivity contribution in [2.24, 2.45) is 0 Å². The predicted molar refractivity (Wildman–Crippen MR) is 113 cm³/mol. The van der Waals surface area contributed by atoms with E-state index in [4.69, 9.17) is 9.47 Å². The number of amides is 1. The van der Waals surface area contributed by atoms with Crippen molar-refractivity contribution in [3.63, 3.8) is 0 Å². The highest BCUT2D eigenvalue weighted by atomic mass is 16.5. The summed E-state index contributed by atoms with van der Waals surface area (Å²) in [6.07, 6.45) is 2.09. The summed E-state index contributed by atoms with van der Waals surface area (Å²) in [5, 5.41) is 2.89. The zero-order chi connectivity index (χ0) is 21.1. The number of ketones is 1. The predicted octanol–water partition coefficient (Wildman–Crippen LogP) is 3.69. The summed E-state index contributed by atoms with van der Waals surface area (Å²) in [6.45, 7) is 1.94. The number of ether oxygens (including phenoxy) is 2. The number of pyridine rings is 1. The molecule has 1 aliphatic rings. The Bertz CT molecular complexity index is 1110. The van der Waals surface area contributed by atoms with E-state index in [0.29, 0.717) is 30.0 Å². The van der Waals surface area contributed by atoms with Crippen molar-refractivity contribution in [3.8, 4) is 22.8 Å². The van der Waals surface area contributed by atoms with Crippen LogP contribution in [-0.4, -0.2) is 36.4 Å². The molecule has 4 rings (SSSR count). The van der Waals surface area contributed by atoms with E-state index in [2.05, 4.69) is 16.4 Å². The lowest BCUT2D eigenvalue weighted by Gasteiger charge is -2.12. The van der Waals surface area contributed by atoms with E-state index in [1.54, 1.807) is 25.3 Å². The standard InChI is InChI=1S/C24H22N2O4/c1-15(27)19-6-3-4-7-20(19)16-9-10-22-17(12-16)13-18(30-22)14-26-23(28)21-8-5-11-25-24(21)29-2/h3-12,18H,13-14H2,1-2H3,(H,26,28). The van der Waals surface area contributed by atoms with E-state index in [0.717, 1.165) is 22.4 Å². The van der Waals surface area contributed by atoms with Gasteiger partial charge in [0.05, 0.1) is 13.7 Å². The number of fused-ring (bicyclic) bond motifs is 1. The first-order chi connectivity index (χ1) is 14.6. The molecule has 3 aromatic rings. The summed E-state index contributed by atoms with van der Waals surface area (Å²) in [5.74, 6) is 0.876. The normalized spacial score (nSPS) is 14.5. The third kappa shape index (κ3) is 3.89. The van der Waals surface area contributed by atoms with E-state index >= 15 is 0 Å². The van der Waals surface area contributed by atoms with Gasteiger partial charge in [0.1, 0.15) is 17.4 Å². The molecule has 1 unspecified atom stereocenters. The Hall–Kier alpha value is -3.67. The van der Waals surface area contributed by atoms with E-state index in [9.17, 15) is 9.59 Å². The lowest BCUT2D eigenvalue weighted by Crippen LogP contribution is -2.34. The molecule has 1 aliphatic heterocycles. The molecule has 1 aromatic heterocycles. The summed E-state index contributed by atoms with van der Waals surface area (Å²) < 4.78 is 11.1. The molecule has 2 aromatic carbocycles.